The van der Waals surface area contributed by atoms with Gasteiger partial charge in [0.2, 0.25) is 6.17 Å². The molecule has 0 spiro atoms. The highest BCUT2D eigenvalue weighted by Crippen LogP contribution is 2.27. The van der Waals surface area contributed by atoms with E-state index in [0.717, 1.165) is 22.4 Å². The largest absolute Gasteiger partial charge is 0.321 e. The van der Waals surface area contributed by atoms with E-state index in [1.807, 2.05) is 78.9 Å². The quantitative estimate of drug-likeness (QED) is 0.631. The van der Waals surface area contributed by atoms with Gasteiger partial charge in [0.05, 0.1) is 11.4 Å². The third-order valence-electron chi connectivity index (χ3n) is 5.49. The summed E-state index contributed by atoms with van der Waals surface area (Å²) in [5, 5.41) is 5.64. The Morgan fingerprint density at radius 2 is 1.59 bits per heavy atom. The molecule has 2 N–H and O–H groups in total. The molecule has 4 rings (SSSR count). The lowest BCUT2D eigenvalue weighted by atomic mass is 10.0. The van der Waals surface area contributed by atoms with Crippen molar-refractivity contribution in [3.63, 3.8) is 0 Å². The van der Waals surface area contributed by atoms with Gasteiger partial charge in [0, 0.05) is 23.9 Å². The van der Waals surface area contributed by atoms with Gasteiger partial charge in [-0.15, -0.1) is 0 Å². The smallest absolute Gasteiger partial charge is 0.311 e. The van der Waals surface area contributed by atoms with Gasteiger partial charge in [0.25, 0.3) is 5.91 Å². The number of fused-ring (bicyclic) bond motifs is 1. The number of benzodiazepines with no additional fused rings is 1. The van der Waals surface area contributed by atoms with Gasteiger partial charge in [-0.05, 0) is 23.6 Å². The third kappa shape index (κ3) is 4.25. The second kappa shape index (κ2) is 9.06. The predicted octanol–water partition coefficient (Wildman–Crippen LogP) is 4.77. The second-order valence-corrected chi connectivity index (χ2v) is 8.00. The van der Waals surface area contributed by atoms with E-state index in [1.54, 1.807) is 11.9 Å². The molecule has 3 amide bonds. The van der Waals surface area contributed by atoms with Crippen molar-refractivity contribution < 1.29 is 9.59 Å². The maximum atomic E-state index is 13.2. The highest BCUT2D eigenvalue weighted by Gasteiger charge is 2.31. The van der Waals surface area contributed by atoms with Crippen LogP contribution in [0.3, 0.4) is 0 Å². The first-order valence-corrected chi connectivity index (χ1v) is 10.6. The fourth-order valence-electron chi connectivity index (χ4n) is 3.84. The molecule has 0 saturated heterocycles. The number of aliphatic imine (C=N–C) groups is 1. The number of nitrogens with one attached hydrogen (secondary N) is 2. The van der Waals surface area contributed by atoms with Gasteiger partial charge >= 0.3 is 6.03 Å². The van der Waals surface area contributed by atoms with Gasteiger partial charge in [-0.25, -0.2) is 9.79 Å². The van der Waals surface area contributed by atoms with Crippen LogP contribution in [0.4, 0.5) is 16.2 Å². The number of nitrogens with zero attached hydrogens (tertiary/aromatic N) is 2. The summed E-state index contributed by atoms with van der Waals surface area (Å²) in [6.07, 6.45) is -1.06. The topological polar surface area (TPSA) is 73.8 Å². The summed E-state index contributed by atoms with van der Waals surface area (Å²) < 4.78 is 0. The van der Waals surface area contributed by atoms with Crippen molar-refractivity contribution in [2.24, 2.45) is 4.99 Å². The van der Waals surface area contributed by atoms with Crippen molar-refractivity contribution in [3.8, 4) is 0 Å². The summed E-state index contributed by atoms with van der Waals surface area (Å²) in [4.78, 5) is 32.4. The van der Waals surface area contributed by atoms with E-state index in [4.69, 9.17) is 4.99 Å². The number of benzene rings is 3. The molecule has 1 heterocycles. The monoisotopic (exact) mass is 426 g/mol. The van der Waals surface area contributed by atoms with Crippen molar-refractivity contribution in [1.29, 1.82) is 0 Å². The first kappa shape index (κ1) is 21.3. The number of hydrogen-bond acceptors (Lipinski definition) is 3. The molecule has 6 heteroatoms. The minimum absolute atomic E-state index is 0.245. The molecular weight excluding hydrogens is 400 g/mol. The summed E-state index contributed by atoms with van der Waals surface area (Å²) in [5.74, 6) is -0.0648. The molecule has 0 bridgehead atoms. The zero-order chi connectivity index (χ0) is 22.7. The summed E-state index contributed by atoms with van der Waals surface area (Å²) in [6.45, 7) is 4.13. The Hall–Kier alpha value is -3.93. The normalized spacial score (nSPS) is 15.6. The number of carbonyl (C=O) groups excluding carboxylic acids is 2. The number of rotatable bonds is 4. The van der Waals surface area contributed by atoms with Crippen molar-refractivity contribution >= 4 is 29.0 Å². The Kier molecular flexibility index (Phi) is 6.03. The van der Waals surface area contributed by atoms with Crippen LogP contribution in [-0.2, 0) is 4.79 Å². The number of urea groups is 1. The van der Waals surface area contributed by atoms with E-state index < -0.39 is 12.2 Å². The van der Waals surface area contributed by atoms with Crippen LogP contribution in [0.2, 0.25) is 0 Å². The first-order valence-electron chi connectivity index (χ1n) is 10.6. The molecule has 0 radical (unpaired) electrons. The summed E-state index contributed by atoms with van der Waals surface area (Å²) in [6, 6.07) is 24.5. The van der Waals surface area contributed by atoms with Crippen molar-refractivity contribution in [2.75, 3.05) is 17.3 Å². The molecule has 1 atom stereocenters. The Bertz CT molecular complexity index is 1170. The van der Waals surface area contributed by atoms with Gasteiger partial charge in [0.15, 0.2) is 0 Å². The second-order valence-electron chi connectivity index (χ2n) is 8.00. The Morgan fingerprint density at radius 1 is 0.938 bits per heavy atom. The molecule has 1 aliphatic heterocycles. The number of anilines is 2. The van der Waals surface area contributed by atoms with E-state index in [1.165, 1.54) is 0 Å². The molecule has 0 aliphatic carbocycles. The summed E-state index contributed by atoms with van der Waals surface area (Å²) >= 11 is 0. The lowest BCUT2D eigenvalue weighted by Crippen LogP contribution is -2.47. The van der Waals surface area contributed by atoms with E-state index in [0.29, 0.717) is 11.4 Å². The first-order chi connectivity index (χ1) is 15.5. The molecule has 3 aromatic carbocycles. The standard InChI is InChI=1S/C26H26N4O2/c1-17(2)19-13-7-9-15-21(19)27-26(32)29-24-25(31)30(3)22-16-10-8-14-20(22)23(28-24)18-11-5-4-6-12-18/h4-17,24H,1-3H3,(H2,27,29,32)/t24-/m1/s1. The molecule has 3 aromatic rings. The maximum absolute atomic E-state index is 13.2. The fourth-order valence-corrected chi connectivity index (χ4v) is 3.84. The molecular formula is C26H26N4O2. The minimum atomic E-state index is -1.06. The molecule has 0 fully saturated rings. The van der Waals surface area contributed by atoms with Gasteiger partial charge in [-0.1, -0.05) is 80.6 Å². The van der Waals surface area contributed by atoms with Crippen LogP contribution in [0.1, 0.15) is 36.5 Å². The van der Waals surface area contributed by atoms with Crippen LogP contribution in [0.5, 0.6) is 0 Å². The minimum Gasteiger partial charge on any atom is -0.311 e. The zero-order valence-corrected chi connectivity index (χ0v) is 18.4. The molecule has 0 saturated carbocycles. The molecule has 6 nitrogen and oxygen atoms in total. The summed E-state index contributed by atoms with van der Waals surface area (Å²) in [7, 11) is 1.70. The van der Waals surface area contributed by atoms with E-state index in [9.17, 15) is 9.59 Å². The van der Waals surface area contributed by atoms with Crippen LogP contribution in [0, 0.1) is 0 Å². The predicted molar refractivity (Wildman–Crippen MR) is 128 cm³/mol. The lowest BCUT2D eigenvalue weighted by molar-refractivity contribution is -0.119. The highest BCUT2D eigenvalue weighted by atomic mass is 16.2. The summed E-state index contributed by atoms with van der Waals surface area (Å²) in [5.41, 5.74) is 4.85. The van der Waals surface area contributed by atoms with Crippen LogP contribution < -0.4 is 15.5 Å². The Morgan fingerprint density at radius 3 is 2.34 bits per heavy atom. The molecule has 0 aromatic heterocycles. The van der Waals surface area contributed by atoms with Crippen LogP contribution in [-0.4, -0.2) is 30.9 Å². The van der Waals surface area contributed by atoms with E-state index >= 15 is 0 Å². The average molecular weight is 427 g/mol. The van der Waals surface area contributed by atoms with Crippen molar-refractivity contribution in [1.82, 2.24) is 5.32 Å². The number of hydrogen-bond donors (Lipinski definition) is 2. The van der Waals surface area contributed by atoms with Gasteiger partial charge in [0.1, 0.15) is 0 Å². The Balaban J connectivity index is 1.68. The van der Waals surface area contributed by atoms with Gasteiger partial charge < -0.3 is 15.5 Å². The van der Waals surface area contributed by atoms with E-state index in [-0.39, 0.29) is 11.8 Å². The Labute approximate surface area is 188 Å². The van der Waals surface area contributed by atoms with Gasteiger partial charge in [-0.2, -0.15) is 0 Å². The maximum Gasteiger partial charge on any atom is 0.321 e. The zero-order valence-electron chi connectivity index (χ0n) is 18.4. The average Bonchev–Trinajstić information content (AvgIpc) is 2.90. The SMILES string of the molecule is CC(C)c1ccccc1NC(=O)N[C@H]1N=C(c2ccccc2)c2ccccc2N(C)C1=O. The van der Waals surface area contributed by atoms with Crippen LogP contribution >= 0.6 is 0 Å². The third-order valence-corrected chi connectivity index (χ3v) is 5.49. The fraction of sp³-hybridized carbons (Fsp3) is 0.192. The van der Waals surface area contributed by atoms with Gasteiger partial charge in [-0.3, -0.25) is 4.79 Å². The molecule has 1 aliphatic rings. The van der Waals surface area contributed by atoms with Crippen molar-refractivity contribution in [3.05, 3.63) is 95.6 Å². The van der Waals surface area contributed by atoms with Crippen LogP contribution in [0.25, 0.3) is 0 Å². The number of carbonyl (C=O) groups is 2. The number of para-hydroxylation sites is 2. The highest BCUT2D eigenvalue weighted by molar-refractivity contribution is 6.20. The number of likely N-dealkylation sites (N-methyl/N-ethyl adjacent to an activating group) is 1. The van der Waals surface area contributed by atoms with Crippen molar-refractivity contribution in [2.45, 2.75) is 25.9 Å². The van der Waals surface area contributed by atoms with Crippen LogP contribution in [0.15, 0.2) is 83.9 Å². The number of amides is 3. The lowest BCUT2D eigenvalue weighted by Gasteiger charge is -2.21. The van der Waals surface area contributed by atoms with E-state index in [2.05, 4.69) is 24.5 Å². The molecule has 0 unspecified atom stereocenters. The molecule has 32 heavy (non-hydrogen) atoms. The molecule has 162 valence electrons.